The van der Waals surface area contributed by atoms with Crippen LogP contribution in [-0.2, 0) is 19.7 Å². The maximum absolute atomic E-state index is 8.96. The molecule has 0 fully saturated rings. The van der Waals surface area contributed by atoms with Gasteiger partial charge < -0.3 is 4.74 Å². The van der Waals surface area contributed by atoms with Gasteiger partial charge in [0, 0.05) is 5.56 Å². The number of nitrogens with zero attached hydrogens (tertiary/aromatic N) is 4. The fourth-order valence-electron chi connectivity index (χ4n) is 3.31. The monoisotopic (exact) mass is 426 g/mol. The van der Waals surface area contributed by atoms with Crippen molar-refractivity contribution in [1.82, 2.24) is 14.3 Å². The van der Waals surface area contributed by atoms with Crippen molar-refractivity contribution in [2.24, 2.45) is 0 Å². The van der Waals surface area contributed by atoms with Gasteiger partial charge in [-0.1, -0.05) is 60.7 Å². The van der Waals surface area contributed by atoms with Crippen LogP contribution in [0, 0.1) is 16.1 Å². The fourth-order valence-corrected chi connectivity index (χ4v) is 3.59. The number of aromatic nitrogens is 3. The number of aryl methyl sites for hydroxylation is 1. The molecule has 4 rings (SSSR count). The molecule has 0 saturated heterocycles. The Morgan fingerprint density at radius 3 is 2.16 bits per heavy atom. The predicted molar refractivity (Wildman–Crippen MR) is 123 cm³/mol. The quantitative estimate of drug-likeness (QED) is 0.343. The normalized spacial score (nSPS) is 10.5. The van der Waals surface area contributed by atoms with E-state index in [1.54, 1.807) is 4.68 Å². The second-order valence-electron chi connectivity index (χ2n) is 7.11. The van der Waals surface area contributed by atoms with Crippen molar-refractivity contribution in [3.8, 4) is 23.2 Å². The van der Waals surface area contributed by atoms with Gasteiger partial charge in [-0.05, 0) is 47.6 Å². The fraction of sp³-hybridized carbons (Fsp3) is 0.160. The first-order chi connectivity index (χ1) is 15.2. The lowest BCUT2D eigenvalue weighted by Gasteiger charge is -2.09. The topological polar surface area (TPSA) is 55.8 Å². The Morgan fingerprint density at radius 2 is 1.52 bits per heavy atom. The van der Waals surface area contributed by atoms with Crippen LogP contribution in [0.1, 0.15) is 17.5 Å². The number of hydrogen-bond donors (Lipinski definition) is 0. The van der Waals surface area contributed by atoms with Gasteiger partial charge in [0.2, 0.25) is 0 Å². The molecule has 0 aliphatic heterocycles. The minimum Gasteiger partial charge on any atom is -0.489 e. The summed E-state index contributed by atoms with van der Waals surface area (Å²) < 4.78 is 10.3. The molecule has 0 atom stereocenters. The molecule has 1 heterocycles. The Morgan fingerprint density at radius 1 is 0.871 bits per heavy atom. The zero-order chi connectivity index (χ0) is 21.5. The molecule has 5 nitrogen and oxygen atoms in total. The molecule has 0 aliphatic carbocycles. The van der Waals surface area contributed by atoms with Crippen molar-refractivity contribution in [2.45, 2.75) is 26.1 Å². The van der Waals surface area contributed by atoms with Crippen molar-refractivity contribution in [3.05, 3.63) is 101 Å². The van der Waals surface area contributed by atoms with Crippen LogP contribution in [0.25, 0.3) is 11.4 Å². The van der Waals surface area contributed by atoms with Crippen molar-refractivity contribution >= 4 is 12.2 Å². The SMILES string of the molecule is N#CCCn1nc(-c2ccc(OCc3ccccc3)cc2)n(Cc2ccccc2)c1=S. The summed E-state index contributed by atoms with van der Waals surface area (Å²) in [5, 5.41) is 13.7. The second-order valence-corrected chi connectivity index (χ2v) is 7.47. The molecular weight excluding hydrogens is 404 g/mol. The number of benzene rings is 3. The Bertz CT molecular complexity index is 1220. The van der Waals surface area contributed by atoms with E-state index in [9.17, 15) is 0 Å². The summed E-state index contributed by atoms with van der Waals surface area (Å²) in [5.41, 5.74) is 3.21. The third kappa shape index (κ3) is 5.08. The van der Waals surface area contributed by atoms with E-state index in [-0.39, 0.29) is 0 Å². The van der Waals surface area contributed by atoms with Crippen LogP contribution >= 0.6 is 12.2 Å². The molecule has 6 heteroatoms. The van der Waals surface area contributed by atoms with Crippen molar-refractivity contribution in [1.29, 1.82) is 5.26 Å². The average molecular weight is 427 g/mol. The minimum atomic E-state index is 0.363. The molecule has 31 heavy (non-hydrogen) atoms. The summed E-state index contributed by atoms with van der Waals surface area (Å²) in [4.78, 5) is 0. The molecule has 3 aromatic carbocycles. The number of rotatable bonds is 8. The lowest BCUT2D eigenvalue weighted by molar-refractivity contribution is 0.306. The van der Waals surface area contributed by atoms with Gasteiger partial charge in [-0.3, -0.25) is 4.57 Å². The summed E-state index contributed by atoms with van der Waals surface area (Å²) in [6, 6.07) is 30.3. The van der Waals surface area contributed by atoms with E-state index in [1.165, 1.54) is 0 Å². The van der Waals surface area contributed by atoms with Gasteiger partial charge in [0.25, 0.3) is 0 Å². The lowest BCUT2D eigenvalue weighted by atomic mass is 10.2. The van der Waals surface area contributed by atoms with Crippen LogP contribution < -0.4 is 4.74 Å². The largest absolute Gasteiger partial charge is 0.489 e. The van der Waals surface area contributed by atoms with Gasteiger partial charge in [-0.15, -0.1) is 0 Å². The summed E-state index contributed by atoms with van der Waals surface area (Å²) >= 11 is 5.68. The van der Waals surface area contributed by atoms with E-state index >= 15 is 0 Å². The molecule has 0 unspecified atom stereocenters. The number of ether oxygens (including phenoxy) is 1. The highest BCUT2D eigenvalue weighted by Gasteiger charge is 2.13. The third-order valence-corrected chi connectivity index (χ3v) is 5.33. The molecule has 0 N–H and O–H groups in total. The van der Waals surface area contributed by atoms with E-state index in [2.05, 4.69) is 18.2 Å². The van der Waals surface area contributed by atoms with E-state index < -0.39 is 0 Å². The maximum atomic E-state index is 8.96. The van der Waals surface area contributed by atoms with Crippen LogP contribution in [0.15, 0.2) is 84.9 Å². The molecule has 0 radical (unpaired) electrons. The Labute approximate surface area is 186 Å². The summed E-state index contributed by atoms with van der Waals surface area (Å²) in [6.07, 6.45) is 0.363. The first kappa shape index (κ1) is 20.6. The van der Waals surface area contributed by atoms with Crippen molar-refractivity contribution < 1.29 is 4.74 Å². The van der Waals surface area contributed by atoms with Crippen LogP contribution in [0.2, 0.25) is 0 Å². The van der Waals surface area contributed by atoms with Crippen LogP contribution in [0.3, 0.4) is 0 Å². The lowest BCUT2D eigenvalue weighted by Crippen LogP contribution is -2.04. The molecule has 0 saturated carbocycles. The van der Waals surface area contributed by atoms with E-state index in [0.717, 1.165) is 28.3 Å². The van der Waals surface area contributed by atoms with Gasteiger partial charge in [0.15, 0.2) is 10.6 Å². The van der Waals surface area contributed by atoms with E-state index in [1.807, 2.05) is 77.4 Å². The van der Waals surface area contributed by atoms with E-state index in [0.29, 0.717) is 30.9 Å². The molecule has 154 valence electrons. The first-order valence-corrected chi connectivity index (χ1v) is 10.5. The second kappa shape index (κ2) is 9.88. The highest BCUT2D eigenvalue weighted by atomic mass is 32.1. The van der Waals surface area contributed by atoms with Crippen molar-refractivity contribution in [2.75, 3.05) is 0 Å². The first-order valence-electron chi connectivity index (χ1n) is 10.1. The Hall–Kier alpha value is -3.69. The Kier molecular flexibility index (Phi) is 6.56. The minimum absolute atomic E-state index is 0.363. The Balaban J connectivity index is 1.59. The predicted octanol–water partition coefficient (Wildman–Crippen LogP) is 5.62. The summed E-state index contributed by atoms with van der Waals surface area (Å²) in [6.45, 7) is 1.61. The maximum Gasteiger partial charge on any atom is 0.198 e. The number of nitriles is 1. The van der Waals surface area contributed by atoms with Gasteiger partial charge in [0.05, 0.1) is 25.6 Å². The standard InChI is InChI=1S/C25H22N4OS/c26-16-7-17-29-25(31)28(18-20-8-3-1-4-9-20)24(27-29)22-12-14-23(15-13-22)30-19-21-10-5-2-6-11-21/h1-6,8-15H,7,17-19H2. The van der Waals surface area contributed by atoms with Gasteiger partial charge in [0.1, 0.15) is 12.4 Å². The van der Waals surface area contributed by atoms with Crippen LogP contribution in [0.5, 0.6) is 5.75 Å². The smallest absolute Gasteiger partial charge is 0.198 e. The average Bonchev–Trinajstić information content (AvgIpc) is 3.13. The number of hydrogen-bond acceptors (Lipinski definition) is 4. The van der Waals surface area contributed by atoms with Crippen LogP contribution in [-0.4, -0.2) is 14.3 Å². The molecule has 0 spiro atoms. The molecule has 1 aromatic heterocycles. The van der Waals surface area contributed by atoms with E-state index in [4.69, 9.17) is 27.3 Å². The third-order valence-electron chi connectivity index (χ3n) is 4.90. The van der Waals surface area contributed by atoms with Crippen molar-refractivity contribution in [3.63, 3.8) is 0 Å². The molecule has 0 amide bonds. The summed E-state index contributed by atoms with van der Waals surface area (Å²) in [5.74, 6) is 1.58. The zero-order valence-electron chi connectivity index (χ0n) is 17.0. The molecule has 0 bridgehead atoms. The zero-order valence-corrected chi connectivity index (χ0v) is 17.8. The van der Waals surface area contributed by atoms with Crippen LogP contribution in [0.4, 0.5) is 0 Å². The highest BCUT2D eigenvalue weighted by molar-refractivity contribution is 7.71. The molecule has 4 aromatic rings. The molecular formula is C25H22N4OS. The van der Waals surface area contributed by atoms with Gasteiger partial charge in [-0.25, -0.2) is 4.68 Å². The summed E-state index contributed by atoms with van der Waals surface area (Å²) in [7, 11) is 0. The molecule has 0 aliphatic rings. The van der Waals surface area contributed by atoms with Gasteiger partial charge in [-0.2, -0.15) is 10.4 Å². The van der Waals surface area contributed by atoms with Gasteiger partial charge >= 0.3 is 0 Å². The highest BCUT2D eigenvalue weighted by Crippen LogP contribution is 2.23.